The zero-order valence-corrected chi connectivity index (χ0v) is 18.2. The number of ether oxygens (including phenoxy) is 2. The maximum atomic E-state index is 12.5. The van der Waals surface area contributed by atoms with Crippen molar-refractivity contribution >= 4 is 11.6 Å². The Labute approximate surface area is 187 Å². The van der Waals surface area contributed by atoms with E-state index in [2.05, 4.69) is 15.3 Å². The maximum Gasteiger partial charge on any atom is 0.251 e. The highest BCUT2D eigenvalue weighted by molar-refractivity contribution is 5.94. The van der Waals surface area contributed by atoms with Gasteiger partial charge < -0.3 is 19.2 Å². The Morgan fingerprint density at radius 1 is 1.09 bits per heavy atom. The monoisotopic (exact) mass is 430 g/mol. The molecule has 0 spiro atoms. The van der Waals surface area contributed by atoms with Gasteiger partial charge in [-0.2, -0.15) is 0 Å². The Morgan fingerprint density at radius 2 is 1.94 bits per heavy atom. The minimum absolute atomic E-state index is 0.169. The molecular formula is C25H26N4O3. The van der Waals surface area contributed by atoms with Gasteiger partial charge >= 0.3 is 0 Å². The van der Waals surface area contributed by atoms with Crippen molar-refractivity contribution in [3.05, 3.63) is 89.5 Å². The van der Waals surface area contributed by atoms with E-state index in [1.165, 1.54) is 0 Å². The number of nitrogens with one attached hydrogen (secondary N) is 1. The van der Waals surface area contributed by atoms with Crippen LogP contribution in [0.1, 0.15) is 40.5 Å². The number of aromatic nitrogens is 3. The number of imidazole rings is 1. The van der Waals surface area contributed by atoms with E-state index < -0.39 is 0 Å². The number of aryl methyl sites for hydroxylation is 1. The van der Waals surface area contributed by atoms with Crippen molar-refractivity contribution in [2.45, 2.75) is 33.4 Å². The predicted octanol–water partition coefficient (Wildman–Crippen LogP) is 4.34. The zero-order chi connectivity index (χ0) is 22.3. The van der Waals surface area contributed by atoms with Crippen LogP contribution in [0.15, 0.2) is 67.1 Å². The first-order chi connectivity index (χ1) is 15.6. The van der Waals surface area contributed by atoms with Crippen molar-refractivity contribution in [3.63, 3.8) is 0 Å². The number of hydrogen-bond donors (Lipinski definition) is 1. The smallest absolute Gasteiger partial charge is 0.251 e. The molecular weight excluding hydrogens is 404 g/mol. The molecule has 0 bridgehead atoms. The van der Waals surface area contributed by atoms with E-state index in [0.717, 1.165) is 28.9 Å². The van der Waals surface area contributed by atoms with Gasteiger partial charge in [-0.25, -0.2) is 9.97 Å². The zero-order valence-electron chi connectivity index (χ0n) is 18.2. The summed E-state index contributed by atoms with van der Waals surface area (Å²) in [5.74, 6) is 1.07. The molecule has 0 saturated carbocycles. The highest BCUT2D eigenvalue weighted by atomic mass is 16.5. The summed E-state index contributed by atoms with van der Waals surface area (Å²) in [6.07, 6.45) is 6.51. The minimum Gasteiger partial charge on any atom is -0.487 e. The maximum absolute atomic E-state index is 12.5. The average Bonchev–Trinajstić information content (AvgIpc) is 3.25. The lowest BCUT2D eigenvalue weighted by atomic mass is 10.2. The molecule has 4 aromatic rings. The van der Waals surface area contributed by atoms with Gasteiger partial charge in [-0.05, 0) is 55.3 Å². The second-order valence-electron chi connectivity index (χ2n) is 7.47. The normalized spacial score (nSPS) is 10.8. The highest BCUT2D eigenvalue weighted by Gasteiger charge is 2.10. The van der Waals surface area contributed by atoms with Crippen LogP contribution >= 0.6 is 0 Å². The molecule has 7 heteroatoms. The summed E-state index contributed by atoms with van der Waals surface area (Å²) in [6.45, 7) is 5.36. The van der Waals surface area contributed by atoms with Crippen LogP contribution in [-0.4, -0.2) is 26.9 Å². The summed E-state index contributed by atoms with van der Waals surface area (Å²) in [5, 5.41) is 2.92. The summed E-state index contributed by atoms with van der Waals surface area (Å²) < 4.78 is 13.5. The summed E-state index contributed by atoms with van der Waals surface area (Å²) in [5.41, 5.74) is 4.29. The fourth-order valence-electron chi connectivity index (χ4n) is 3.30. The molecule has 0 aliphatic rings. The van der Waals surface area contributed by atoms with Gasteiger partial charge in [0.25, 0.3) is 5.91 Å². The molecule has 3 aromatic heterocycles. The molecule has 0 atom stereocenters. The van der Waals surface area contributed by atoms with Crippen LogP contribution in [0.3, 0.4) is 0 Å². The first-order valence-electron chi connectivity index (χ1n) is 10.6. The predicted molar refractivity (Wildman–Crippen MR) is 122 cm³/mol. The summed E-state index contributed by atoms with van der Waals surface area (Å²) >= 11 is 0. The molecule has 3 heterocycles. The summed E-state index contributed by atoms with van der Waals surface area (Å²) in [4.78, 5) is 21.4. The van der Waals surface area contributed by atoms with E-state index >= 15 is 0 Å². The van der Waals surface area contributed by atoms with Gasteiger partial charge in [0, 0.05) is 36.3 Å². The second-order valence-corrected chi connectivity index (χ2v) is 7.47. The van der Waals surface area contributed by atoms with Crippen LogP contribution in [0.4, 0.5) is 0 Å². The van der Waals surface area contributed by atoms with Gasteiger partial charge in [0.15, 0.2) is 0 Å². The quantitative estimate of drug-likeness (QED) is 0.428. The first kappa shape index (κ1) is 21.4. The van der Waals surface area contributed by atoms with Gasteiger partial charge in [0.1, 0.15) is 18.0 Å². The SMILES string of the molecule is CCCOc1ncccc1CNC(=O)c1ccc(OCc2cn3cccc(C)c3n2)cc1. The van der Waals surface area contributed by atoms with E-state index in [-0.39, 0.29) is 5.91 Å². The standard InChI is InChI=1S/C25H26N4O3/c1-3-14-31-25-20(7-4-12-26-25)15-27-24(30)19-8-10-22(11-9-19)32-17-21-16-29-13-5-6-18(2)23(29)28-21/h4-13,16H,3,14-15,17H2,1-2H3,(H,27,30). The molecule has 0 aliphatic heterocycles. The largest absolute Gasteiger partial charge is 0.487 e. The molecule has 7 nitrogen and oxygen atoms in total. The second kappa shape index (κ2) is 9.96. The van der Waals surface area contributed by atoms with E-state index in [9.17, 15) is 4.79 Å². The molecule has 1 amide bonds. The molecule has 4 rings (SSSR count). The Kier molecular flexibility index (Phi) is 6.65. The summed E-state index contributed by atoms with van der Waals surface area (Å²) in [7, 11) is 0. The lowest BCUT2D eigenvalue weighted by Crippen LogP contribution is -2.23. The molecule has 1 N–H and O–H groups in total. The highest BCUT2D eigenvalue weighted by Crippen LogP contribution is 2.17. The number of hydrogen-bond acceptors (Lipinski definition) is 5. The van der Waals surface area contributed by atoms with Gasteiger partial charge in [-0.3, -0.25) is 4.79 Å². The van der Waals surface area contributed by atoms with Crippen molar-refractivity contribution in [3.8, 4) is 11.6 Å². The number of carbonyl (C=O) groups excluding carboxylic acids is 1. The van der Waals surface area contributed by atoms with Gasteiger partial charge in [0.05, 0.1) is 12.3 Å². The first-order valence-corrected chi connectivity index (χ1v) is 10.6. The Hall–Kier alpha value is -3.87. The Morgan fingerprint density at radius 3 is 2.72 bits per heavy atom. The van der Waals surface area contributed by atoms with Crippen molar-refractivity contribution in [1.29, 1.82) is 0 Å². The molecule has 0 saturated heterocycles. The third-order valence-corrected chi connectivity index (χ3v) is 4.96. The fraction of sp³-hybridized carbons (Fsp3) is 0.240. The van der Waals surface area contributed by atoms with E-state index in [1.807, 2.05) is 54.9 Å². The molecule has 1 aromatic carbocycles. The van der Waals surface area contributed by atoms with Gasteiger partial charge in [-0.1, -0.05) is 19.1 Å². The number of carbonyl (C=O) groups is 1. The molecule has 0 radical (unpaired) electrons. The van der Waals surface area contributed by atoms with E-state index in [1.54, 1.807) is 30.5 Å². The van der Waals surface area contributed by atoms with Gasteiger partial charge in [0.2, 0.25) is 5.88 Å². The van der Waals surface area contributed by atoms with Crippen molar-refractivity contribution in [1.82, 2.24) is 19.7 Å². The van der Waals surface area contributed by atoms with Crippen LogP contribution in [0.25, 0.3) is 5.65 Å². The van der Waals surface area contributed by atoms with Crippen LogP contribution in [-0.2, 0) is 13.2 Å². The lowest BCUT2D eigenvalue weighted by Gasteiger charge is -2.11. The summed E-state index contributed by atoms with van der Waals surface area (Å²) in [6, 6.07) is 14.8. The number of nitrogens with zero attached hydrogens (tertiary/aromatic N) is 3. The molecule has 0 aliphatic carbocycles. The average molecular weight is 431 g/mol. The van der Waals surface area contributed by atoms with Gasteiger partial charge in [-0.15, -0.1) is 0 Å². The van der Waals surface area contributed by atoms with Crippen molar-refractivity contribution in [2.75, 3.05) is 6.61 Å². The van der Waals surface area contributed by atoms with Crippen LogP contribution in [0.2, 0.25) is 0 Å². The van der Waals surface area contributed by atoms with Crippen LogP contribution in [0, 0.1) is 6.92 Å². The van der Waals surface area contributed by atoms with E-state index in [0.29, 0.717) is 37.0 Å². The number of amides is 1. The van der Waals surface area contributed by atoms with Crippen molar-refractivity contribution in [2.24, 2.45) is 0 Å². The van der Waals surface area contributed by atoms with Crippen LogP contribution in [0.5, 0.6) is 11.6 Å². The van der Waals surface area contributed by atoms with Crippen molar-refractivity contribution < 1.29 is 14.3 Å². The Bertz CT molecular complexity index is 1200. The number of pyridine rings is 2. The molecule has 164 valence electrons. The number of benzene rings is 1. The minimum atomic E-state index is -0.169. The lowest BCUT2D eigenvalue weighted by molar-refractivity contribution is 0.0950. The molecule has 0 unspecified atom stereocenters. The Balaban J connectivity index is 1.33. The molecule has 32 heavy (non-hydrogen) atoms. The third kappa shape index (κ3) is 5.06. The molecule has 0 fully saturated rings. The fourth-order valence-corrected chi connectivity index (χ4v) is 3.30. The topological polar surface area (TPSA) is 77.8 Å². The number of rotatable bonds is 9. The van der Waals surface area contributed by atoms with Crippen LogP contribution < -0.4 is 14.8 Å². The third-order valence-electron chi connectivity index (χ3n) is 4.96. The number of fused-ring (bicyclic) bond motifs is 1. The van der Waals surface area contributed by atoms with E-state index in [4.69, 9.17) is 9.47 Å².